The van der Waals surface area contributed by atoms with Crippen molar-refractivity contribution in [2.45, 2.75) is 43.4 Å². The Kier molecular flexibility index (Phi) is 12.3. The number of amides is 4. The van der Waals surface area contributed by atoms with Crippen LogP contribution in [0.25, 0.3) is 6.08 Å². The predicted molar refractivity (Wildman–Crippen MR) is 199 cm³/mol. The summed E-state index contributed by atoms with van der Waals surface area (Å²) in [5, 5.41) is 8.42. The van der Waals surface area contributed by atoms with Crippen LogP contribution in [0.3, 0.4) is 0 Å². The Bertz CT molecular complexity index is 1980. The van der Waals surface area contributed by atoms with Crippen molar-refractivity contribution < 1.29 is 33.4 Å². The summed E-state index contributed by atoms with van der Waals surface area (Å²) in [7, 11) is 2.85. The molecule has 1 atom stereocenters. The van der Waals surface area contributed by atoms with Crippen LogP contribution in [0, 0.1) is 0 Å². The second-order valence-corrected chi connectivity index (χ2v) is 13.9. The van der Waals surface area contributed by atoms with E-state index < -0.39 is 23.0 Å². The molecule has 0 radical (unpaired) electrons. The van der Waals surface area contributed by atoms with E-state index in [0.717, 1.165) is 15.3 Å². The Balaban J connectivity index is 1.32. The Morgan fingerprint density at radius 1 is 0.961 bits per heavy atom. The molecule has 2 heterocycles. The van der Waals surface area contributed by atoms with Gasteiger partial charge in [-0.05, 0) is 72.5 Å². The first kappa shape index (κ1) is 36.9. The second kappa shape index (κ2) is 17.0. The van der Waals surface area contributed by atoms with E-state index >= 15 is 0 Å². The van der Waals surface area contributed by atoms with Crippen LogP contribution in [0.2, 0.25) is 0 Å². The van der Waals surface area contributed by atoms with Crippen molar-refractivity contribution in [2.75, 3.05) is 31.4 Å². The summed E-state index contributed by atoms with van der Waals surface area (Å²) in [6.07, 6.45) is 2.53. The van der Waals surface area contributed by atoms with Gasteiger partial charge in [0.05, 0.1) is 31.6 Å². The van der Waals surface area contributed by atoms with Gasteiger partial charge in [0.15, 0.2) is 0 Å². The van der Waals surface area contributed by atoms with Gasteiger partial charge in [0, 0.05) is 34.5 Å². The van der Waals surface area contributed by atoms with Gasteiger partial charge in [-0.25, -0.2) is 4.79 Å². The minimum absolute atomic E-state index is 0.0208. The molecule has 0 fully saturated rings. The molecule has 0 aliphatic carbocycles. The largest absolute Gasteiger partial charge is 0.497 e. The first-order chi connectivity index (χ1) is 24.6. The van der Waals surface area contributed by atoms with E-state index in [1.165, 1.54) is 37.1 Å². The lowest BCUT2D eigenvalue weighted by Crippen LogP contribution is -2.34. The fourth-order valence-electron chi connectivity index (χ4n) is 5.44. The molecule has 13 heteroatoms. The van der Waals surface area contributed by atoms with Gasteiger partial charge < -0.3 is 30.3 Å². The molecule has 5 rings (SSSR count). The number of ether oxygens (including phenoxy) is 2. The third-order valence-corrected chi connectivity index (χ3v) is 10.6. The molecule has 4 amide bonds. The maximum atomic E-state index is 13.6. The fraction of sp³-hybridized carbons (Fsp3) is 0.237. The van der Waals surface area contributed by atoms with Gasteiger partial charge in [-0.2, -0.15) is 0 Å². The predicted octanol–water partition coefficient (Wildman–Crippen LogP) is 6.37. The molecule has 264 valence electrons. The van der Waals surface area contributed by atoms with Crippen molar-refractivity contribution >= 4 is 69.5 Å². The van der Waals surface area contributed by atoms with Crippen molar-refractivity contribution in [3.05, 3.63) is 112 Å². The van der Waals surface area contributed by atoms with Crippen molar-refractivity contribution in [1.29, 1.82) is 0 Å². The Morgan fingerprint density at radius 2 is 1.73 bits per heavy atom. The van der Waals surface area contributed by atoms with Crippen LogP contribution in [0.4, 0.5) is 10.7 Å². The molecule has 0 bridgehead atoms. The van der Waals surface area contributed by atoms with Crippen molar-refractivity contribution in [3.8, 4) is 5.75 Å². The Hall–Kier alpha value is -5.40. The number of carbonyl (C=O) groups excluding carboxylic acids is 5. The topological polar surface area (TPSA) is 143 Å². The minimum Gasteiger partial charge on any atom is -0.497 e. The molecule has 0 spiro atoms. The zero-order valence-corrected chi connectivity index (χ0v) is 30.2. The number of nitrogens with zero attached hydrogens (tertiary/aromatic N) is 1. The molecule has 3 N–H and O–H groups in total. The highest BCUT2D eigenvalue weighted by Gasteiger charge is 2.31. The van der Waals surface area contributed by atoms with Gasteiger partial charge >= 0.3 is 5.97 Å². The van der Waals surface area contributed by atoms with Crippen molar-refractivity contribution in [3.63, 3.8) is 0 Å². The molecule has 51 heavy (non-hydrogen) atoms. The number of nitrogens with one attached hydrogen (secondary N) is 3. The normalized spacial score (nSPS) is 13.0. The summed E-state index contributed by atoms with van der Waals surface area (Å²) in [6, 6.07) is 22.7. The lowest BCUT2D eigenvalue weighted by atomic mass is 10.0. The molecule has 3 aromatic carbocycles. The van der Waals surface area contributed by atoms with Crippen molar-refractivity contribution in [1.82, 2.24) is 10.2 Å². The van der Waals surface area contributed by atoms with E-state index in [4.69, 9.17) is 9.47 Å². The molecule has 11 nitrogen and oxygen atoms in total. The summed E-state index contributed by atoms with van der Waals surface area (Å²) in [6.45, 7) is 4.24. The summed E-state index contributed by atoms with van der Waals surface area (Å²) in [5.74, 6) is -1.29. The van der Waals surface area contributed by atoms with Crippen LogP contribution in [0.1, 0.15) is 57.0 Å². The molecule has 0 saturated carbocycles. The quantitative estimate of drug-likeness (QED) is 0.0869. The minimum atomic E-state index is -0.547. The smallest absolute Gasteiger partial charge is 0.341 e. The lowest BCUT2D eigenvalue weighted by Gasteiger charge is -2.25. The SMILES string of the molecule is CCC(Sc1cccc(NC(=O)/C(=C/c2cccc(OC)c2)NC(=O)c2ccccc2)c1)C(=O)Nc1sc2c(c1C(=O)OC)CCN(C(C)=O)C2. The average molecular weight is 727 g/mol. The van der Waals surface area contributed by atoms with Crippen LogP contribution in [-0.4, -0.2) is 60.5 Å². The number of esters is 1. The zero-order chi connectivity index (χ0) is 36.5. The molecular formula is C38H38N4O7S2. The first-order valence-corrected chi connectivity index (χ1v) is 17.9. The number of fused-ring (bicyclic) bond motifs is 1. The van der Waals surface area contributed by atoms with Gasteiger partial charge in [-0.1, -0.05) is 43.3 Å². The number of thioether (sulfide) groups is 1. The Morgan fingerprint density at radius 3 is 2.43 bits per heavy atom. The number of anilines is 2. The van der Waals surface area contributed by atoms with Gasteiger partial charge in [0.2, 0.25) is 11.8 Å². The van der Waals surface area contributed by atoms with Gasteiger partial charge in [-0.3, -0.25) is 19.2 Å². The van der Waals surface area contributed by atoms with E-state index in [1.54, 1.807) is 90.9 Å². The fourth-order valence-corrected chi connectivity index (χ4v) is 7.71. The van der Waals surface area contributed by atoms with Crippen LogP contribution in [0.5, 0.6) is 5.75 Å². The van der Waals surface area contributed by atoms with Crippen molar-refractivity contribution in [2.24, 2.45) is 0 Å². The van der Waals surface area contributed by atoms with E-state index in [2.05, 4.69) is 16.0 Å². The summed E-state index contributed by atoms with van der Waals surface area (Å²) >= 11 is 2.59. The Labute approximate surface area is 304 Å². The van der Waals surface area contributed by atoms with E-state index in [1.807, 2.05) is 13.0 Å². The molecule has 1 unspecified atom stereocenters. The van der Waals surface area contributed by atoms with Crippen LogP contribution in [-0.2, 0) is 32.1 Å². The summed E-state index contributed by atoms with van der Waals surface area (Å²) in [5.41, 5.74) is 2.64. The summed E-state index contributed by atoms with van der Waals surface area (Å²) < 4.78 is 10.4. The highest BCUT2D eigenvalue weighted by atomic mass is 32.2. The maximum absolute atomic E-state index is 13.6. The highest BCUT2D eigenvalue weighted by Crippen LogP contribution is 2.38. The zero-order valence-electron chi connectivity index (χ0n) is 28.6. The van der Waals surface area contributed by atoms with E-state index in [9.17, 15) is 24.0 Å². The number of hydrogen-bond donors (Lipinski definition) is 3. The average Bonchev–Trinajstić information content (AvgIpc) is 3.50. The standard InChI is InChI=1S/C38H38N4O7S2/c1-5-31(36(46)41-37-33(38(47)49-4)29-17-18-42(23(2)43)22-32(29)51-37)50-28-16-10-14-26(21-28)39-35(45)30(20-24-11-9-15-27(19-24)48-3)40-34(44)25-12-7-6-8-13-25/h6-16,19-21,31H,5,17-18,22H2,1-4H3,(H,39,45)(H,40,44)(H,41,46)/b30-20-. The third-order valence-electron chi connectivity index (χ3n) is 8.10. The molecular weight excluding hydrogens is 689 g/mol. The van der Waals surface area contributed by atoms with Crippen LogP contribution >= 0.6 is 23.1 Å². The highest BCUT2D eigenvalue weighted by molar-refractivity contribution is 8.00. The third kappa shape index (κ3) is 9.24. The van der Waals surface area contributed by atoms with Gasteiger partial charge in [-0.15, -0.1) is 23.1 Å². The molecule has 1 aliphatic heterocycles. The molecule has 4 aromatic rings. The monoisotopic (exact) mass is 726 g/mol. The van der Waals surface area contributed by atoms with Crippen LogP contribution in [0.15, 0.2) is 89.5 Å². The molecule has 1 aliphatic rings. The number of methoxy groups -OCH3 is 2. The second-order valence-electron chi connectivity index (χ2n) is 11.5. The van der Waals surface area contributed by atoms with Gasteiger partial charge in [0.25, 0.3) is 11.8 Å². The molecule has 1 aromatic heterocycles. The van der Waals surface area contributed by atoms with E-state index in [0.29, 0.717) is 59.1 Å². The number of hydrogen-bond acceptors (Lipinski definition) is 9. The lowest BCUT2D eigenvalue weighted by molar-refractivity contribution is -0.129. The maximum Gasteiger partial charge on any atom is 0.341 e. The molecule has 0 saturated heterocycles. The van der Waals surface area contributed by atoms with Gasteiger partial charge in [0.1, 0.15) is 16.4 Å². The number of thiophene rings is 1. The number of carbonyl (C=O) groups is 5. The van der Waals surface area contributed by atoms with Crippen LogP contribution < -0.4 is 20.7 Å². The number of rotatable bonds is 12. The summed E-state index contributed by atoms with van der Waals surface area (Å²) in [4.78, 5) is 68.4. The number of benzene rings is 3. The van der Waals surface area contributed by atoms with E-state index in [-0.39, 0.29) is 17.5 Å². The first-order valence-electron chi connectivity index (χ1n) is 16.2.